The molecule has 5 heteroatoms. The molecule has 0 bridgehead atoms. The molecule has 0 unspecified atom stereocenters. The first-order valence-electron chi connectivity index (χ1n) is 48.3. The number of benzene rings is 21. The van der Waals surface area contributed by atoms with Gasteiger partial charge in [-0.25, -0.2) is 0 Å². The molecule has 3 aliphatic rings. The summed E-state index contributed by atoms with van der Waals surface area (Å²) in [5, 5.41) is 10.3. The molecule has 3 aliphatic carbocycles. The van der Waals surface area contributed by atoms with E-state index < -0.39 is 0 Å². The van der Waals surface area contributed by atoms with Crippen LogP contribution in [0.25, 0.3) is 162 Å². The Hall–Kier alpha value is -16.3. The predicted molar refractivity (Wildman–Crippen MR) is 593 cm³/mol. The zero-order valence-electron chi connectivity index (χ0n) is 78.3. The van der Waals surface area contributed by atoms with Gasteiger partial charge in [-0.3, -0.25) is 0 Å². The van der Waals surface area contributed by atoms with Crippen molar-refractivity contribution in [3.05, 3.63) is 529 Å². The maximum absolute atomic E-state index is 6.32. The van der Waals surface area contributed by atoms with Crippen molar-refractivity contribution in [2.45, 2.75) is 63.7 Å². The lowest BCUT2D eigenvalue weighted by Gasteiger charge is -2.26. The standard InChI is InChI=1S/C46H34O.C45H33NS.C43H31NS/c1-46(2)41-27-36(25-26-37(41)39-29-44-40(28-42(39)46)38-15-9-10-16-43(38)47-44)45(34-21-17-32(18-22-34)30-11-5-3-6-12-30)35-23-19-33(20-24-35)31-13-7-4-8-14-31;1-45(2)39-18-10-9-16-36(39)37-28-29-41-42(43(37)45)38-17-11-19-40(44(38)47-41)46(34-24-20-32(21-25-34)30-12-5-3-6-13-30)35-26-22-33(23-27-35)31-14-7-4-8-15-31;1-43(2)37-17-9-8-15-34(37)35-25-26-39-40(41(35)43)36-16-10-18-38(42(36)45-39)44(32-13-4-3-5-14-32)33-23-21-29(22-24-33)31-20-19-28-11-6-7-12-30(28)27-31/h3-29,45H,1-2H3;3-29H,1-2H3;3-27H,1-2H3. The quantitative estimate of drug-likeness (QED) is 0.101. The van der Waals surface area contributed by atoms with Gasteiger partial charge in [0.2, 0.25) is 0 Å². The smallest absolute Gasteiger partial charge is 0.136 e. The van der Waals surface area contributed by atoms with Crippen molar-refractivity contribution in [1.82, 2.24) is 0 Å². The van der Waals surface area contributed by atoms with Crippen LogP contribution in [0.1, 0.15) is 97.5 Å². The molecule has 0 saturated carbocycles. The average molecular weight is 1820 g/mol. The Morgan fingerprint density at radius 1 is 0.216 bits per heavy atom. The summed E-state index contributed by atoms with van der Waals surface area (Å²) in [6, 6.07) is 175. The SMILES string of the molecule is CC1(C)c2cc(C(c3ccc(-c4ccccc4)cc3)c3ccc(-c4ccccc4)cc3)ccc2-c2cc3oc4ccccc4c3cc21.CC1(C)c2ccccc2-c2ccc3sc4c(N(c5ccc(-c6ccccc6)cc5)c5ccc(-c6ccccc6)cc5)cccc4c3c21.CC1(C)c2ccccc2-c2ccc3sc4c(N(c5ccccc5)c5ccc(-c6ccc7ccccc7c6)cc5)cccc4c3c21. The number of rotatable bonds is 14. The number of hydrogen-bond acceptors (Lipinski definition) is 5. The zero-order chi connectivity index (χ0) is 93.2. The molecule has 662 valence electrons. The van der Waals surface area contributed by atoms with Crippen molar-refractivity contribution in [3.8, 4) is 89.0 Å². The van der Waals surface area contributed by atoms with Crippen LogP contribution in [0.2, 0.25) is 0 Å². The van der Waals surface area contributed by atoms with E-state index in [2.05, 4.69) is 525 Å². The minimum absolute atomic E-state index is 0.0623. The molecule has 3 aromatic heterocycles. The topological polar surface area (TPSA) is 19.6 Å². The van der Waals surface area contributed by atoms with Gasteiger partial charge < -0.3 is 14.2 Å². The van der Waals surface area contributed by atoms with E-state index in [4.69, 9.17) is 4.42 Å². The van der Waals surface area contributed by atoms with Gasteiger partial charge in [-0.1, -0.05) is 424 Å². The van der Waals surface area contributed by atoms with Crippen LogP contribution in [0.15, 0.2) is 484 Å². The van der Waals surface area contributed by atoms with Crippen LogP contribution in [0.5, 0.6) is 0 Å². The zero-order valence-corrected chi connectivity index (χ0v) is 79.9. The molecule has 21 aromatic carbocycles. The Kier molecular flexibility index (Phi) is 20.8. The first-order chi connectivity index (χ1) is 68.2. The molecule has 0 amide bonds. The number of anilines is 6. The van der Waals surface area contributed by atoms with Crippen molar-refractivity contribution >= 4 is 130 Å². The van der Waals surface area contributed by atoms with Crippen molar-refractivity contribution < 1.29 is 4.42 Å². The van der Waals surface area contributed by atoms with Crippen LogP contribution in [0, 0.1) is 0 Å². The number of hydrogen-bond donors (Lipinski definition) is 0. The summed E-state index contributed by atoms with van der Waals surface area (Å²) in [7, 11) is 0. The van der Waals surface area contributed by atoms with Crippen LogP contribution >= 0.6 is 22.7 Å². The molecule has 0 fully saturated rings. The Morgan fingerprint density at radius 2 is 0.568 bits per heavy atom. The van der Waals surface area contributed by atoms with E-state index in [1.165, 1.54) is 212 Å². The van der Waals surface area contributed by atoms with Crippen molar-refractivity contribution in [2.24, 2.45) is 0 Å². The third kappa shape index (κ3) is 14.6. The lowest BCUT2D eigenvalue weighted by molar-refractivity contribution is 0.656. The molecule has 0 saturated heterocycles. The molecule has 27 rings (SSSR count). The van der Waals surface area contributed by atoms with Gasteiger partial charge in [0.1, 0.15) is 11.2 Å². The lowest BCUT2D eigenvalue weighted by atomic mass is 9.78. The van der Waals surface area contributed by atoms with Crippen molar-refractivity contribution in [2.75, 3.05) is 9.80 Å². The van der Waals surface area contributed by atoms with Gasteiger partial charge in [-0.2, -0.15) is 0 Å². The van der Waals surface area contributed by atoms with Gasteiger partial charge in [0, 0.05) is 86.6 Å². The molecule has 0 radical (unpaired) electrons. The largest absolute Gasteiger partial charge is 0.456 e. The number of furan rings is 1. The summed E-state index contributed by atoms with van der Waals surface area (Å²) < 4.78 is 11.6. The number of fused-ring (bicyclic) bond motifs is 21. The highest BCUT2D eigenvalue weighted by Crippen LogP contribution is 2.59. The van der Waals surface area contributed by atoms with Crippen LogP contribution in [0.3, 0.4) is 0 Å². The lowest BCUT2D eigenvalue weighted by Crippen LogP contribution is -2.16. The van der Waals surface area contributed by atoms with E-state index in [0.29, 0.717) is 0 Å². The van der Waals surface area contributed by atoms with Crippen molar-refractivity contribution in [1.29, 1.82) is 0 Å². The van der Waals surface area contributed by atoms with Gasteiger partial charge in [0.15, 0.2) is 0 Å². The maximum Gasteiger partial charge on any atom is 0.136 e. The molecule has 0 N–H and O–H groups in total. The van der Waals surface area contributed by atoms with Gasteiger partial charge in [-0.05, 0) is 247 Å². The summed E-state index contributed by atoms with van der Waals surface area (Å²) in [6.07, 6.45) is 0. The Balaban J connectivity index is 0.000000110. The second kappa shape index (κ2) is 34.2. The van der Waals surface area contributed by atoms with Gasteiger partial charge >= 0.3 is 0 Å². The number of nitrogens with zero attached hydrogens (tertiary/aromatic N) is 2. The summed E-state index contributed by atoms with van der Waals surface area (Å²) >= 11 is 3.82. The second-order valence-corrected chi connectivity index (χ2v) is 41.0. The molecule has 0 spiro atoms. The van der Waals surface area contributed by atoms with Gasteiger partial charge in [0.25, 0.3) is 0 Å². The highest BCUT2D eigenvalue weighted by molar-refractivity contribution is 7.27. The molecular weight excluding hydrogens is 1720 g/mol. The minimum atomic E-state index is -0.147. The fourth-order valence-electron chi connectivity index (χ4n) is 22.8. The molecule has 0 aliphatic heterocycles. The van der Waals surface area contributed by atoms with Gasteiger partial charge in [-0.15, -0.1) is 22.7 Å². The highest BCUT2D eigenvalue weighted by Gasteiger charge is 2.42. The van der Waals surface area contributed by atoms with E-state index in [1.54, 1.807) is 0 Å². The van der Waals surface area contributed by atoms with E-state index in [0.717, 1.165) is 33.9 Å². The normalized spacial score (nSPS) is 13.2. The first-order valence-corrected chi connectivity index (χ1v) is 50.0. The molecule has 0 atom stereocenters. The summed E-state index contributed by atoms with van der Waals surface area (Å²) in [5.74, 6) is 0.0923. The predicted octanol–water partition coefficient (Wildman–Crippen LogP) is 38.2. The van der Waals surface area contributed by atoms with Crippen LogP contribution in [-0.2, 0) is 16.2 Å². The molecule has 3 heterocycles. The van der Waals surface area contributed by atoms with Crippen LogP contribution in [0.4, 0.5) is 34.1 Å². The van der Waals surface area contributed by atoms with E-state index in [1.807, 2.05) is 28.7 Å². The molecule has 24 aromatic rings. The first kappa shape index (κ1) is 84.5. The van der Waals surface area contributed by atoms with Gasteiger partial charge in [0.05, 0.1) is 20.8 Å². The van der Waals surface area contributed by atoms with Crippen LogP contribution < -0.4 is 9.80 Å². The van der Waals surface area contributed by atoms with Crippen molar-refractivity contribution in [3.63, 3.8) is 0 Å². The summed E-state index contributed by atoms with van der Waals surface area (Å²) in [5.41, 5.74) is 41.2. The van der Waals surface area contributed by atoms with Crippen LogP contribution in [-0.4, -0.2) is 0 Å². The number of thiophene rings is 2. The fraction of sp³-hybridized carbons (Fsp3) is 0.0746. The average Bonchev–Trinajstić information content (AvgIpc) is 1.56. The molecule has 139 heavy (non-hydrogen) atoms. The van der Waals surface area contributed by atoms with E-state index in [9.17, 15) is 0 Å². The minimum Gasteiger partial charge on any atom is -0.456 e. The Bertz CT molecular complexity index is 8670. The fourth-order valence-corrected chi connectivity index (χ4v) is 25.3. The van der Waals surface area contributed by atoms with E-state index >= 15 is 0 Å². The third-order valence-electron chi connectivity index (χ3n) is 29.7. The van der Waals surface area contributed by atoms with E-state index in [-0.39, 0.29) is 22.2 Å². The Labute approximate surface area is 819 Å². The second-order valence-electron chi connectivity index (χ2n) is 38.8. The molecule has 3 nitrogen and oxygen atoms in total. The summed E-state index contributed by atoms with van der Waals surface area (Å²) in [6.45, 7) is 14.3. The Morgan fingerprint density at radius 3 is 1.04 bits per heavy atom. The summed E-state index contributed by atoms with van der Waals surface area (Å²) in [4.78, 5) is 4.85. The number of para-hydroxylation sites is 2. The monoisotopic (exact) mass is 1810 g/mol. The maximum atomic E-state index is 6.32. The third-order valence-corrected chi connectivity index (χ3v) is 32.1. The highest BCUT2D eigenvalue weighted by atomic mass is 32.1. The molecular formula is C134H98N2OS2.